The first kappa shape index (κ1) is 14.8. The Morgan fingerprint density at radius 1 is 1.32 bits per heavy atom. The van der Waals surface area contributed by atoms with Gasteiger partial charge in [-0.1, -0.05) is 17.7 Å². The van der Waals surface area contributed by atoms with Gasteiger partial charge in [-0.3, -0.25) is 9.59 Å². The van der Waals surface area contributed by atoms with Gasteiger partial charge in [0, 0.05) is 30.4 Å². The van der Waals surface area contributed by atoms with Gasteiger partial charge in [-0.25, -0.2) is 4.39 Å². The van der Waals surface area contributed by atoms with Crippen LogP contribution in [0.25, 0.3) is 0 Å². The highest BCUT2D eigenvalue weighted by Crippen LogP contribution is 2.21. The maximum absolute atomic E-state index is 13.0. The molecule has 1 amide bonds. The Balaban J connectivity index is 1.74. The summed E-state index contributed by atoms with van der Waals surface area (Å²) in [6, 6.07) is 5.62. The van der Waals surface area contributed by atoms with Crippen molar-refractivity contribution in [3.05, 3.63) is 68.3 Å². The lowest BCUT2D eigenvalue weighted by molar-refractivity contribution is -0.131. The van der Waals surface area contributed by atoms with E-state index in [-0.39, 0.29) is 22.9 Å². The molecule has 0 fully saturated rings. The van der Waals surface area contributed by atoms with Crippen LogP contribution >= 0.6 is 11.6 Å². The summed E-state index contributed by atoms with van der Waals surface area (Å²) in [4.78, 5) is 28.0. The molecule has 1 N–H and O–H groups in total. The highest BCUT2D eigenvalue weighted by atomic mass is 35.5. The van der Waals surface area contributed by atoms with E-state index in [0.717, 1.165) is 11.1 Å². The summed E-state index contributed by atoms with van der Waals surface area (Å²) < 4.78 is 13.0. The van der Waals surface area contributed by atoms with E-state index in [9.17, 15) is 14.0 Å². The normalized spacial score (nSPS) is 13.8. The first-order chi connectivity index (χ1) is 10.5. The van der Waals surface area contributed by atoms with E-state index in [1.807, 2.05) is 0 Å². The molecule has 1 aliphatic heterocycles. The van der Waals surface area contributed by atoms with Crippen molar-refractivity contribution >= 4 is 17.5 Å². The van der Waals surface area contributed by atoms with Gasteiger partial charge in [0.25, 0.3) is 0 Å². The van der Waals surface area contributed by atoms with E-state index >= 15 is 0 Å². The van der Waals surface area contributed by atoms with Gasteiger partial charge < -0.3 is 9.88 Å². The highest BCUT2D eigenvalue weighted by molar-refractivity contribution is 6.31. The van der Waals surface area contributed by atoms with Crippen molar-refractivity contribution in [2.24, 2.45) is 0 Å². The zero-order chi connectivity index (χ0) is 15.7. The van der Waals surface area contributed by atoms with Crippen LogP contribution in [0.2, 0.25) is 5.02 Å². The fourth-order valence-electron chi connectivity index (χ4n) is 2.62. The molecule has 0 bridgehead atoms. The van der Waals surface area contributed by atoms with E-state index in [0.29, 0.717) is 25.1 Å². The minimum atomic E-state index is -0.419. The third kappa shape index (κ3) is 3.04. The molecule has 0 saturated heterocycles. The molecule has 1 aromatic heterocycles. The van der Waals surface area contributed by atoms with Crippen LogP contribution in [-0.4, -0.2) is 22.3 Å². The van der Waals surface area contributed by atoms with Crippen molar-refractivity contribution in [3.8, 4) is 0 Å². The Morgan fingerprint density at radius 3 is 2.91 bits per heavy atom. The average molecular weight is 321 g/mol. The van der Waals surface area contributed by atoms with Crippen molar-refractivity contribution in [1.82, 2.24) is 9.88 Å². The topological polar surface area (TPSA) is 53.2 Å². The number of halogens is 2. The number of nitrogens with one attached hydrogen (secondary N) is 1. The maximum Gasteiger partial charge on any atom is 0.248 e. The summed E-state index contributed by atoms with van der Waals surface area (Å²) in [6.07, 6.45) is 2.45. The predicted octanol–water partition coefficient (Wildman–Crippen LogP) is 2.29. The molecule has 3 rings (SSSR count). The summed E-state index contributed by atoms with van der Waals surface area (Å²) in [6.45, 7) is 1.03. The first-order valence-corrected chi connectivity index (χ1v) is 7.33. The van der Waals surface area contributed by atoms with Gasteiger partial charge in [0.15, 0.2) is 0 Å². The number of pyridine rings is 1. The molecule has 0 atom stereocenters. The van der Waals surface area contributed by atoms with Crippen LogP contribution in [0.5, 0.6) is 0 Å². The number of H-pyrrole nitrogens is 1. The van der Waals surface area contributed by atoms with Crippen LogP contribution in [0, 0.1) is 5.82 Å². The second-order valence-corrected chi connectivity index (χ2v) is 5.73. The van der Waals surface area contributed by atoms with Crippen LogP contribution in [0.3, 0.4) is 0 Å². The molecule has 2 heterocycles. The predicted molar refractivity (Wildman–Crippen MR) is 81.3 cm³/mol. The van der Waals surface area contributed by atoms with Gasteiger partial charge in [0.1, 0.15) is 5.82 Å². The van der Waals surface area contributed by atoms with Gasteiger partial charge in [0.2, 0.25) is 11.5 Å². The number of hydrogen-bond donors (Lipinski definition) is 1. The van der Waals surface area contributed by atoms with Gasteiger partial charge in [-0.2, -0.15) is 0 Å². The lowest BCUT2D eigenvalue weighted by Gasteiger charge is -2.28. The quantitative estimate of drug-likeness (QED) is 0.923. The number of fused-ring (bicyclic) bond motifs is 1. The van der Waals surface area contributed by atoms with Crippen LogP contribution in [-0.2, 0) is 24.2 Å². The lowest BCUT2D eigenvalue weighted by atomic mass is 10.0. The van der Waals surface area contributed by atoms with E-state index in [4.69, 9.17) is 11.6 Å². The number of benzene rings is 1. The molecule has 0 aliphatic carbocycles. The molecular weight excluding hydrogens is 307 g/mol. The van der Waals surface area contributed by atoms with Crippen LogP contribution in [0.15, 0.2) is 35.3 Å². The standard InChI is InChI=1S/C16H14ClFN2O2/c17-14-7-13(18)2-1-11(14)6-16(22)20-4-3-10-5-15(21)19-8-12(10)9-20/h1-2,5,7-8H,3-4,6,9H2,(H,19,21). The molecule has 0 saturated carbocycles. The Labute approximate surface area is 131 Å². The molecule has 6 heteroatoms. The van der Waals surface area contributed by atoms with Gasteiger partial charge in [0.05, 0.1) is 6.42 Å². The Morgan fingerprint density at radius 2 is 2.14 bits per heavy atom. The van der Waals surface area contributed by atoms with Crippen molar-refractivity contribution in [3.63, 3.8) is 0 Å². The van der Waals surface area contributed by atoms with Crippen molar-refractivity contribution in [2.75, 3.05) is 6.54 Å². The van der Waals surface area contributed by atoms with E-state index in [1.165, 1.54) is 18.2 Å². The number of nitrogens with zero attached hydrogens (tertiary/aromatic N) is 1. The second-order valence-electron chi connectivity index (χ2n) is 5.33. The fraction of sp³-hybridized carbons (Fsp3) is 0.250. The Kier molecular flexibility index (Phi) is 3.98. The molecule has 22 heavy (non-hydrogen) atoms. The summed E-state index contributed by atoms with van der Waals surface area (Å²) in [7, 11) is 0. The number of carbonyl (C=O) groups is 1. The minimum absolute atomic E-state index is 0.0645. The number of aromatic amines is 1. The minimum Gasteiger partial charge on any atom is -0.338 e. The number of carbonyl (C=O) groups excluding carboxylic acids is 1. The van der Waals surface area contributed by atoms with Gasteiger partial charge >= 0.3 is 0 Å². The monoisotopic (exact) mass is 320 g/mol. The molecule has 0 unspecified atom stereocenters. The Bertz CT molecular complexity index is 788. The number of amides is 1. The summed E-state index contributed by atoms with van der Waals surface area (Å²) in [5.41, 5.74) is 2.41. The number of rotatable bonds is 2. The zero-order valence-electron chi connectivity index (χ0n) is 11.7. The molecule has 0 spiro atoms. The third-order valence-electron chi connectivity index (χ3n) is 3.83. The Hall–Kier alpha value is -2.14. The second kappa shape index (κ2) is 5.93. The molecular formula is C16H14ClFN2O2. The van der Waals surface area contributed by atoms with E-state index in [1.54, 1.807) is 17.2 Å². The van der Waals surface area contributed by atoms with Crippen molar-refractivity contribution in [2.45, 2.75) is 19.4 Å². The zero-order valence-corrected chi connectivity index (χ0v) is 12.5. The molecule has 0 radical (unpaired) electrons. The fourth-order valence-corrected chi connectivity index (χ4v) is 2.85. The maximum atomic E-state index is 13.0. The molecule has 4 nitrogen and oxygen atoms in total. The smallest absolute Gasteiger partial charge is 0.248 e. The number of aromatic nitrogens is 1. The highest BCUT2D eigenvalue weighted by Gasteiger charge is 2.21. The summed E-state index contributed by atoms with van der Waals surface area (Å²) in [5.74, 6) is -0.484. The SMILES string of the molecule is O=C(Cc1ccc(F)cc1Cl)N1CCc2cc(=O)[nH]cc2C1. The number of hydrogen-bond acceptors (Lipinski definition) is 2. The van der Waals surface area contributed by atoms with Gasteiger partial charge in [-0.15, -0.1) is 0 Å². The largest absolute Gasteiger partial charge is 0.338 e. The summed E-state index contributed by atoms with van der Waals surface area (Å²) in [5, 5.41) is 0.259. The molecule has 114 valence electrons. The van der Waals surface area contributed by atoms with Gasteiger partial charge in [-0.05, 0) is 35.2 Å². The van der Waals surface area contributed by atoms with Crippen molar-refractivity contribution in [1.29, 1.82) is 0 Å². The van der Waals surface area contributed by atoms with E-state index in [2.05, 4.69) is 4.98 Å². The average Bonchev–Trinajstić information content (AvgIpc) is 2.49. The molecule has 2 aromatic rings. The van der Waals surface area contributed by atoms with E-state index < -0.39 is 5.82 Å². The first-order valence-electron chi connectivity index (χ1n) is 6.95. The molecule has 1 aromatic carbocycles. The van der Waals surface area contributed by atoms with Crippen LogP contribution in [0.1, 0.15) is 16.7 Å². The van der Waals surface area contributed by atoms with Crippen LogP contribution < -0.4 is 5.56 Å². The lowest BCUT2D eigenvalue weighted by Crippen LogP contribution is -2.37. The summed E-state index contributed by atoms with van der Waals surface area (Å²) >= 11 is 5.96. The van der Waals surface area contributed by atoms with Crippen LogP contribution in [0.4, 0.5) is 4.39 Å². The third-order valence-corrected chi connectivity index (χ3v) is 4.18. The van der Waals surface area contributed by atoms with Crippen molar-refractivity contribution < 1.29 is 9.18 Å². The molecule has 1 aliphatic rings.